The molecule has 2 aromatic heterocycles. The summed E-state index contributed by atoms with van der Waals surface area (Å²) in [5.74, 6) is -0.618. The number of H-pyrrole nitrogens is 1. The predicted octanol–water partition coefficient (Wildman–Crippen LogP) is 4.86. The number of nitrogens with one attached hydrogen (secondary N) is 3. The van der Waals surface area contributed by atoms with Gasteiger partial charge in [0.1, 0.15) is 5.82 Å². The van der Waals surface area contributed by atoms with Crippen LogP contribution in [-0.2, 0) is 20.7 Å². The fourth-order valence-electron chi connectivity index (χ4n) is 4.98. The summed E-state index contributed by atoms with van der Waals surface area (Å²) in [5.41, 5.74) is 2.87. The summed E-state index contributed by atoms with van der Waals surface area (Å²) in [6, 6.07) is 5.56. The number of aromatic amines is 1. The standard InChI is InChI=1S/C28H28ClFN6O4/c1-40-24(38)14-16-7-8-17-20(13-16)33-23(37)6-4-2-3-5-22(27-32-15-21(17)34-27)36-12-10-19(35-28(36)39)18-9-11-31-26(29)25(18)30/h2-3,7-9,11,13,15,19,22H,4-6,10,12,14H2,1H3,(H,32,34)(H,33,37)(H,35,39)/b3-2+/t19-,22+/m1/s1. The van der Waals surface area contributed by atoms with Crippen molar-refractivity contribution in [2.24, 2.45) is 0 Å². The maximum atomic E-state index is 14.6. The summed E-state index contributed by atoms with van der Waals surface area (Å²) in [7, 11) is 1.33. The van der Waals surface area contributed by atoms with Gasteiger partial charge < -0.3 is 25.3 Å². The summed E-state index contributed by atoms with van der Waals surface area (Å²) in [6.45, 7) is 0.359. The highest BCUT2D eigenvalue weighted by Gasteiger charge is 2.34. The number of hydrogen-bond donors (Lipinski definition) is 3. The van der Waals surface area contributed by atoms with Crippen LogP contribution in [0.5, 0.6) is 0 Å². The number of fused-ring (bicyclic) bond motifs is 4. The van der Waals surface area contributed by atoms with Crippen molar-refractivity contribution in [2.75, 3.05) is 19.0 Å². The molecular formula is C28H28ClFN6O4. The molecule has 2 aliphatic rings. The summed E-state index contributed by atoms with van der Waals surface area (Å²) < 4.78 is 19.3. The Hall–Kier alpha value is -4.25. The van der Waals surface area contributed by atoms with Gasteiger partial charge in [0.05, 0.1) is 43.2 Å². The number of esters is 1. The van der Waals surface area contributed by atoms with E-state index in [0.717, 1.165) is 0 Å². The molecular weight excluding hydrogens is 539 g/mol. The molecule has 5 rings (SSSR count). The fourth-order valence-corrected chi connectivity index (χ4v) is 5.15. The van der Waals surface area contributed by atoms with Crippen molar-refractivity contribution in [3.05, 3.63) is 76.7 Å². The quantitative estimate of drug-likeness (QED) is 0.235. The molecule has 2 aliphatic heterocycles. The average Bonchev–Trinajstić information content (AvgIpc) is 3.42. The van der Waals surface area contributed by atoms with E-state index in [9.17, 15) is 18.8 Å². The summed E-state index contributed by atoms with van der Waals surface area (Å²) >= 11 is 5.85. The second kappa shape index (κ2) is 11.9. The predicted molar refractivity (Wildman–Crippen MR) is 146 cm³/mol. The van der Waals surface area contributed by atoms with Gasteiger partial charge in [0.15, 0.2) is 11.0 Å². The van der Waals surface area contributed by atoms with Crippen LogP contribution in [0.3, 0.4) is 0 Å². The molecule has 3 aromatic rings. The molecule has 0 saturated carbocycles. The lowest BCUT2D eigenvalue weighted by Crippen LogP contribution is -2.49. The van der Waals surface area contributed by atoms with Gasteiger partial charge in [-0.15, -0.1) is 0 Å². The van der Waals surface area contributed by atoms with Crippen molar-refractivity contribution in [1.29, 1.82) is 0 Å². The molecule has 4 heterocycles. The number of anilines is 1. The van der Waals surface area contributed by atoms with Gasteiger partial charge in [-0.3, -0.25) is 9.59 Å². The van der Waals surface area contributed by atoms with Gasteiger partial charge in [-0.25, -0.2) is 19.2 Å². The van der Waals surface area contributed by atoms with E-state index in [0.29, 0.717) is 59.7 Å². The third-order valence-electron chi connectivity index (χ3n) is 7.04. The van der Waals surface area contributed by atoms with Crippen molar-refractivity contribution >= 4 is 35.2 Å². The molecule has 1 aromatic carbocycles. The van der Waals surface area contributed by atoms with Crippen LogP contribution >= 0.6 is 11.6 Å². The van der Waals surface area contributed by atoms with Crippen LogP contribution in [0.25, 0.3) is 11.3 Å². The Kier molecular flexibility index (Phi) is 8.11. The van der Waals surface area contributed by atoms with Crippen LogP contribution in [0.2, 0.25) is 5.15 Å². The van der Waals surface area contributed by atoms with Crippen molar-refractivity contribution in [2.45, 2.75) is 44.2 Å². The maximum Gasteiger partial charge on any atom is 0.318 e. The highest BCUT2D eigenvalue weighted by Crippen LogP contribution is 2.34. The van der Waals surface area contributed by atoms with Crippen molar-refractivity contribution < 1.29 is 23.5 Å². The van der Waals surface area contributed by atoms with Crippen LogP contribution in [-0.4, -0.2) is 51.4 Å². The number of halogens is 2. The molecule has 3 N–H and O–H groups in total. The average molecular weight is 567 g/mol. The summed E-state index contributed by atoms with van der Waals surface area (Å²) in [4.78, 5) is 51.1. The SMILES string of the molecule is COC(=O)Cc1ccc2c(c1)NC(=O)CC/C=C/C[C@H](N1CC[C@H](c3ccnc(Cl)c3F)NC1=O)c1ncc-2[nH]1. The zero-order valence-corrected chi connectivity index (χ0v) is 22.5. The van der Waals surface area contributed by atoms with Crippen molar-refractivity contribution in [3.63, 3.8) is 0 Å². The lowest BCUT2D eigenvalue weighted by Gasteiger charge is -2.37. The minimum Gasteiger partial charge on any atom is -0.469 e. The number of rotatable bonds is 4. The van der Waals surface area contributed by atoms with E-state index < -0.39 is 17.9 Å². The normalized spacial score (nSPS) is 20.2. The molecule has 1 fully saturated rings. The molecule has 12 heteroatoms. The number of imidazole rings is 1. The van der Waals surface area contributed by atoms with Gasteiger partial charge in [0, 0.05) is 30.3 Å². The number of pyridine rings is 1. The van der Waals surface area contributed by atoms with Crippen LogP contribution in [0.15, 0.2) is 48.8 Å². The Morgan fingerprint density at radius 3 is 2.88 bits per heavy atom. The van der Waals surface area contributed by atoms with E-state index in [-0.39, 0.29) is 35.9 Å². The lowest BCUT2D eigenvalue weighted by atomic mass is 10.0. The van der Waals surface area contributed by atoms with Crippen molar-refractivity contribution in [1.82, 2.24) is 25.2 Å². The summed E-state index contributed by atoms with van der Waals surface area (Å²) in [5, 5.41) is 5.61. The minimum atomic E-state index is -0.639. The Morgan fingerprint density at radius 2 is 2.08 bits per heavy atom. The van der Waals surface area contributed by atoms with Crippen molar-refractivity contribution in [3.8, 4) is 11.3 Å². The maximum absolute atomic E-state index is 14.6. The van der Waals surface area contributed by atoms with E-state index >= 15 is 0 Å². The van der Waals surface area contributed by atoms with Gasteiger partial charge in [-0.05, 0) is 37.0 Å². The van der Waals surface area contributed by atoms with Gasteiger partial charge in [-0.1, -0.05) is 35.9 Å². The molecule has 40 heavy (non-hydrogen) atoms. The van der Waals surface area contributed by atoms with Gasteiger partial charge in [-0.2, -0.15) is 0 Å². The number of aromatic nitrogens is 3. The molecule has 0 spiro atoms. The first kappa shape index (κ1) is 27.3. The van der Waals surface area contributed by atoms with E-state index in [4.69, 9.17) is 16.3 Å². The molecule has 0 radical (unpaired) electrons. The van der Waals surface area contributed by atoms with E-state index in [1.165, 1.54) is 19.4 Å². The Bertz CT molecular complexity index is 1470. The van der Waals surface area contributed by atoms with Crippen LogP contribution in [0.1, 0.15) is 54.7 Å². The fraction of sp³-hybridized carbons (Fsp3) is 0.321. The topological polar surface area (TPSA) is 129 Å². The molecule has 10 nitrogen and oxygen atoms in total. The number of ether oxygens (including phenoxy) is 1. The Balaban J connectivity index is 1.44. The van der Waals surface area contributed by atoms with Gasteiger partial charge in [0.25, 0.3) is 0 Å². The molecule has 0 aliphatic carbocycles. The Labute approximate surface area is 235 Å². The largest absolute Gasteiger partial charge is 0.469 e. The van der Waals surface area contributed by atoms with Crippen LogP contribution in [0, 0.1) is 5.82 Å². The number of urea groups is 1. The second-order valence-electron chi connectivity index (χ2n) is 9.61. The monoisotopic (exact) mass is 566 g/mol. The number of benzene rings is 1. The molecule has 1 saturated heterocycles. The Morgan fingerprint density at radius 1 is 1.23 bits per heavy atom. The zero-order chi connectivity index (χ0) is 28.2. The molecule has 2 bridgehead atoms. The lowest BCUT2D eigenvalue weighted by molar-refractivity contribution is -0.139. The highest BCUT2D eigenvalue weighted by atomic mass is 35.5. The molecule has 0 unspecified atom stereocenters. The zero-order valence-electron chi connectivity index (χ0n) is 21.7. The molecule has 2 atom stereocenters. The molecule has 3 amide bonds. The van der Waals surface area contributed by atoms with Crippen LogP contribution < -0.4 is 10.6 Å². The second-order valence-corrected chi connectivity index (χ2v) is 9.97. The van der Waals surface area contributed by atoms with E-state index in [1.54, 1.807) is 23.2 Å². The van der Waals surface area contributed by atoms with Crippen LogP contribution in [0.4, 0.5) is 14.9 Å². The van der Waals surface area contributed by atoms with Gasteiger partial charge in [0.2, 0.25) is 5.91 Å². The smallest absolute Gasteiger partial charge is 0.318 e. The number of carbonyl (C=O) groups excluding carboxylic acids is 3. The number of amides is 3. The molecule has 208 valence electrons. The number of carbonyl (C=O) groups is 3. The number of nitrogens with zero attached hydrogens (tertiary/aromatic N) is 3. The van der Waals surface area contributed by atoms with E-state index in [2.05, 4.69) is 25.6 Å². The first-order valence-corrected chi connectivity index (χ1v) is 13.3. The third kappa shape index (κ3) is 5.84. The minimum absolute atomic E-state index is 0.0688. The first-order valence-electron chi connectivity index (χ1n) is 12.9. The van der Waals surface area contributed by atoms with E-state index in [1.807, 2.05) is 18.2 Å². The van der Waals surface area contributed by atoms with Gasteiger partial charge >= 0.3 is 12.0 Å². The third-order valence-corrected chi connectivity index (χ3v) is 7.31. The number of methoxy groups -OCH3 is 1. The summed E-state index contributed by atoms with van der Waals surface area (Å²) in [6.07, 6.45) is 8.67. The number of allylic oxidation sites excluding steroid dienone is 1. The number of hydrogen-bond acceptors (Lipinski definition) is 6. The first-order chi connectivity index (χ1) is 19.3. The highest BCUT2D eigenvalue weighted by molar-refractivity contribution is 6.29.